The third-order valence-corrected chi connectivity index (χ3v) is 5.80. The Morgan fingerprint density at radius 3 is 2.58 bits per heavy atom. The van der Waals surface area contributed by atoms with E-state index in [9.17, 15) is 0 Å². The maximum Gasteiger partial charge on any atom is 0.193 e. The number of nitrogens with zero attached hydrogens (tertiary/aromatic N) is 3. The van der Waals surface area contributed by atoms with Gasteiger partial charge in [0.1, 0.15) is 0 Å². The lowest BCUT2D eigenvalue weighted by Crippen LogP contribution is -2.43. The summed E-state index contributed by atoms with van der Waals surface area (Å²) in [5.74, 6) is 1.61. The summed E-state index contributed by atoms with van der Waals surface area (Å²) < 4.78 is 10.8. The molecule has 0 amide bonds. The molecule has 0 saturated carbocycles. The number of ether oxygens (including phenoxy) is 2. The van der Waals surface area contributed by atoms with Crippen LogP contribution in [0.2, 0.25) is 0 Å². The van der Waals surface area contributed by atoms with Gasteiger partial charge in [-0.2, -0.15) is 0 Å². The number of nitrogens with one attached hydrogen (secondary N) is 1. The number of benzene rings is 1. The second kappa shape index (κ2) is 16.7. The SMILES string of the molecule is CCNC(=NCC(Cc1ccccc1)N(CC)CC)N1CCC(COCCOC)C1.I. The molecule has 1 heterocycles. The van der Waals surface area contributed by atoms with Gasteiger partial charge in [0.25, 0.3) is 0 Å². The van der Waals surface area contributed by atoms with E-state index in [0.29, 0.717) is 25.2 Å². The summed E-state index contributed by atoms with van der Waals surface area (Å²) in [6.45, 7) is 14.6. The molecule has 1 aliphatic rings. The van der Waals surface area contributed by atoms with E-state index in [1.165, 1.54) is 5.56 Å². The van der Waals surface area contributed by atoms with E-state index in [1.807, 2.05) is 0 Å². The van der Waals surface area contributed by atoms with Crippen LogP contribution >= 0.6 is 24.0 Å². The van der Waals surface area contributed by atoms with Gasteiger partial charge in [-0.25, -0.2) is 0 Å². The van der Waals surface area contributed by atoms with Crippen molar-refractivity contribution in [2.45, 2.75) is 39.7 Å². The quantitative estimate of drug-likeness (QED) is 0.178. The van der Waals surface area contributed by atoms with Crippen molar-refractivity contribution in [1.82, 2.24) is 15.1 Å². The van der Waals surface area contributed by atoms with Crippen LogP contribution in [0.15, 0.2) is 35.3 Å². The van der Waals surface area contributed by atoms with E-state index < -0.39 is 0 Å². The van der Waals surface area contributed by atoms with Crippen LogP contribution in [0.25, 0.3) is 0 Å². The highest BCUT2D eigenvalue weighted by molar-refractivity contribution is 14.0. The molecule has 2 unspecified atom stereocenters. The molecule has 2 rings (SSSR count). The molecule has 1 N–H and O–H groups in total. The minimum Gasteiger partial charge on any atom is -0.382 e. The summed E-state index contributed by atoms with van der Waals surface area (Å²) in [6.07, 6.45) is 2.18. The summed E-state index contributed by atoms with van der Waals surface area (Å²) in [7, 11) is 1.71. The van der Waals surface area contributed by atoms with Crippen LogP contribution in [-0.2, 0) is 15.9 Å². The zero-order valence-corrected chi connectivity index (χ0v) is 22.2. The van der Waals surface area contributed by atoms with Crippen LogP contribution in [0.5, 0.6) is 0 Å². The van der Waals surface area contributed by atoms with Crippen molar-refractivity contribution in [1.29, 1.82) is 0 Å². The first kappa shape index (κ1) is 28.1. The van der Waals surface area contributed by atoms with Gasteiger partial charge in [0.05, 0.1) is 26.4 Å². The molecule has 0 aromatic heterocycles. The summed E-state index contributed by atoms with van der Waals surface area (Å²) in [6, 6.07) is 11.2. The Morgan fingerprint density at radius 1 is 1.19 bits per heavy atom. The Kier molecular flexibility index (Phi) is 15.2. The molecule has 1 aromatic rings. The summed E-state index contributed by atoms with van der Waals surface area (Å²) in [4.78, 5) is 10.0. The fourth-order valence-corrected chi connectivity index (χ4v) is 4.11. The van der Waals surface area contributed by atoms with Crippen LogP contribution < -0.4 is 5.32 Å². The second-order valence-electron chi connectivity index (χ2n) is 7.93. The summed E-state index contributed by atoms with van der Waals surface area (Å²) in [5.41, 5.74) is 1.38. The molecule has 7 heteroatoms. The first-order chi connectivity index (χ1) is 14.7. The predicted octanol–water partition coefficient (Wildman–Crippen LogP) is 3.51. The Morgan fingerprint density at radius 2 is 1.94 bits per heavy atom. The van der Waals surface area contributed by atoms with Gasteiger partial charge < -0.3 is 19.7 Å². The first-order valence-corrected chi connectivity index (χ1v) is 11.6. The molecule has 6 nitrogen and oxygen atoms in total. The highest BCUT2D eigenvalue weighted by Crippen LogP contribution is 2.17. The molecule has 0 radical (unpaired) electrons. The standard InChI is InChI=1S/C24H42N4O2.HI/c1-5-25-24(28-14-13-22(19-28)20-30-16-15-29-4)26-18-23(27(6-2)7-3)17-21-11-9-8-10-12-21;/h8-12,22-23H,5-7,13-20H2,1-4H3,(H,25,26);1H. The van der Waals surface area contributed by atoms with Crippen LogP contribution in [0.4, 0.5) is 0 Å². The van der Waals surface area contributed by atoms with Gasteiger partial charge in [0.2, 0.25) is 0 Å². The highest BCUT2D eigenvalue weighted by atomic mass is 127. The average Bonchev–Trinajstić information content (AvgIpc) is 3.24. The number of methoxy groups -OCH3 is 1. The van der Waals surface area contributed by atoms with E-state index in [4.69, 9.17) is 14.5 Å². The number of hydrogen-bond acceptors (Lipinski definition) is 4. The van der Waals surface area contributed by atoms with E-state index >= 15 is 0 Å². The van der Waals surface area contributed by atoms with Gasteiger partial charge in [-0.15, -0.1) is 24.0 Å². The van der Waals surface area contributed by atoms with Crippen molar-refractivity contribution in [3.8, 4) is 0 Å². The number of likely N-dealkylation sites (tertiary alicyclic amines) is 1. The van der Waals surface area contributed by atoms with Crippen molar-refractivity contribution in [2.75, 3.05) is 66.2 Å². The third kappa shape index (κ3) is 10.1. The van der Waals surface area contributed by atoms with E-state index in [1.54, 1.807) is 7.11 Å². The predicted molar refractivity (Wildman–Crippen MR) is 141 cm³/mol. The first-order valence-electron chi connectivity index (χ1n) is 11.6. The average molecular weight is 547 g/mol. The number of rotatable bonds is 13. The molecular formula is C24H43IN4O2. The fourth-order valence-electron chi connectivity index (χ4n) is 4.11. The molecule has 1 aromatic carbocycles. The van der Waals surface area contributed by atoms with Gasteiger partial charge in [0, 0.05) is 38.7 Å². The van der Waals surface area contributed by atoms with Crippen molar-refractivity contribution < 1.29 is 9.47 Å². The highest BCUT2D eigenvalue weighted by Gasteiger charge is 2.25. The largest absolute Gasteiger partial charge is 0.382 e. The number of guanidine groups is 1. The summed E-state index contributed by atoms with van der Waals surface area (Å²) in [5, 5.41) is 3.51. The lowest BCUT2D eigenvalue weighted by molar-refractivity contribution is 0.0536. The topological polar surface area (TPSA) is 49.3 Å². The molecule has 0 spiro atoms. The Labute approximate surface area is 206 Å². The maximum atomic E-state index is 5.75. The minimum atomic E-state index is 0. The van der Waals surface area contributed by atoms with E-state index in [2.05, 4.69) is 66.2 Å². The van der Waals surface area contributed by atoms with Crippen molar-refractivity contribution in [2.24, 2.45) is 10.9 Å². The lowest BCUT2D eigenvalue weighted by atomic mass is 10.0. The number of halogens is 1. The van der Waals surface area contributed by atoms with Crippen LogP contribution in [0.3, 0.4) is 0 Å². The Balaban J connectivity index is 0.00000480. The van der Waals surface area contributed by atoms with Gasteiger partial charge in [-0.3, -0.25) is 9.89 Å². The van der Waals surface area contributed by atoms with Crippen LogP contribution in [0, 0.1) is 5.92 Å². The zero-order chi connectivity index (χ0) is 21.6. The molecule has 1 fully saturated rings. The van der Waals surface area contributed by atoms with Gasteiger partial charge in [0.15, 0.2) is 5.96 Å². The second-order valence-corrected chi connectivity index (χ2v) is 7.93. The molecule has 0 aliphatic carbocycles. The van der Waals surface area contributed by atoms with E-state index in [-0.39, 0.29) is 24.0 Å². The Bertz CT molecular complexity index is 599. The maximum absolute atomic E-state index is 5.75. The molecule has 0 bridgehead atoms. The van der Waals surface area contributed by atoms with Crippen molar-refractivity contribution >= 4 is 29.9 Å². The van der Waals surface area contributed by atoms with Gasteiger partial charge in [-0.05, 0) is 38.4 Å². The molecule has 178 valence electrons. The minimum absolute atomic E-state index is 0. The zero-order valence-electron chi connectivity index (χ0n) is 19.9. The normalized spacial score (nSPS) is 17.6. The number of likely N-dealkylation sites (N-methyl/N-ethyl adjacent to an activating group) is 1. The van der Waals surface area contributed by atoms with Gasteiger partial charge >= 0.3 is 0 Å². The summed E-state index contributed by atoms with van der Waals surface area (Å²) >= 11 is 0. The molecule has 2 atom stereocenters. The van der Waals surface area contributed by atoms with E-state index in [0.717, 1.165) is 64.7 Å². The fraction of sp³-hybridized carbons (Fsp3) is 0.708. The molecule has 31 heavy (non-hydrogen) atoms. The third-order valence-electron chi connectivity index (χ3n) is 5.80. The van der Waals surface area contributed by atoms with Crippen LogP contribution in [-0.4, -0.2) is 88.0 Å². The van der Waals surface area contributed by atoms with Crippen molar-refractivity contribution in [3.63, 3.8) is 0 Å². The van der Waals surface area contributed by atoms with Gasteiger partial charge in [-0.1, -0.05) is 44.2 Å². The van der Waals surface area contributed by atoms with Crippen LogP contribution in [0.1, 0.15) is 32.8 Å². The van der Waals surface area contributed by atoms with Crippen molar-refractivity contribution in [3.05, 3.63) is 35.9 Å². The molecule has 1 saturated heterocycles. The molecule has 1 aliphatic heterocycles. The monoisotopic (exact) mass is 546 g/mol. The number of hydrogen-bond donors (Lipinski definition) is 1. The molecular weight excluding hydrogens is 503 g/mol. The lowest BCUT2D eigenvalue weighted by Gasteiger charge is -2.30. The smallest absolute Gasteiger partial charge is 0.193 e. The number of aliphatic imine (C=N–C) groups is 1. The Hall–Kier alpha value is -0.900.